The highest BCUT2D eigenvalue weighted by Crippen LogP contribution is 2.33. The molecule has 0 aliphatic heterocycles. The molecular weight excluding hydrogens is 385 g/mol. The fourth-order valence-corrected chi connectivity index (χ4v) is 3.37. The first-order chi connectivity index (χ1) is 11.7. The lowest BCUT2D eigenvalue weighted by molar-refractivity contribution is -0.114. The van der Waals surface area contributed by atoms with E-state index in [1.54, 1.807) is 18.2 Å². The maximum absolute atomic E-state index is 12.3. The number of rotatable bonds is 5. The van der Waals surface area contributed by atoms with Crippen molar-refractivity contribution < 1.29 is 13.2 Å². The van der Waals surface area contributed by atoms with Gasteiger partial charge in [-0.1, -0.05) is 35.3 Å². The Kier molecular flexibility index (Phi) is 5.90. The minimum atomic E-state index is -3.78. The van der Waals surface area contributed by atoms with E-state index in [1.807, 2.05) is 6.07 Å². The van der Waals surface area contributed by atoms with Crippen LogP contribution < -0.4 is 9.62 Å². The second-order valence-electron chi connectivity index (χ2n) is 5.08. The number of carbonyl (C=O) groups is 1. The standard InChI is InChI=1S/C16H13Cl2N3O3S/c1-25(23,24)21(14-7-3-6-13(17)16(14)18)10-15(22)20-12-5-2-4-11(8-12)9-19/h2-8H,10H2,1H3,(H,20,22). The molecule has 0 fully saturated rings. The van der Waals surface area contributed by atoms with Gasteiger partial charge in [0.25, 0.3) is 0 Å². The Morgan fingerprint density at radius 3 is 2.56 bits per heavy atom. The Hall–Kier alpha value is -2.27. The third-order valence-electron chi connectivity index (χ3n) is 3.16. The lowest BCUT2D eigenvalue weighted by Gasteiger charge is -2.23. The van der Waals surface area contributed by atoms with Gasteiger partial charge in [-0.2, -0.15) is 5.26 Å². The molecule has 0 bridgehead atoms. The number of hydrogen-bond acceptors (Lipinski definition) is 4. The molecule has 0 unspecified atom stereocenters. The normalized spacial score (nSPS) is 10.8. The van der Waals surface area contributed by atoms with Gasteiger partial charge in [-0.25, -0.2) is 8.42 Å². The number of benzene rings is 2. The summed E-state index contributed by atoms with van der Waals surface area (Å²) in [6.07, 6.45) is 0.966. The van der Waals surface area contributed by atoms with Crippen LogP contribution in [0.15, 0.2) is 42.5 Å². The van der Waals surface area contributed by atoms with Crippen LogP contribution in [0.5, 0.6) is 0 Å². The van der Waals surface area contributed by atoms with Gasteiger partial charge in [0.2, 0.25) is 15.9 Å². The molecule has 1 amide bonds. The topological polar surface area (TPSA) is 90.3 Å². The summed E-state index contributed by atoms with van der Waals surface area (Å²) in [5, 5.41) is 11.6. The van der Waals surface area contributed by atoms with Gasteiger partial charge in [0.05, 0.1) is 33.6 Å². The average molecular weight is 398 g/mol. The maximum Gasteiger partial charge on any atom is 0.245 e. The first kappa shape index (κ1) is 19.1. The Balaban J connectivity index is 2.27. The van der Waals surface area contributed by atoms with E-state index in [-0.39, 0.29) is 15.7 Å². The number of halogens is 2. The molecule has 0 atom stereocenters. The van der Waals surface area contributed by atoms with Gasteiger partial charge >= 0.3 is 0 Å². The predicted octanol–water partition coefficient (Wildman–Crippen LogP) is 3.27. The first-order valence-electron chi connectivity index (χ1n) is 6.94. The highest BCUT2D eigenvalue weighted by Gasteiger charge is 2.24. The van der Waals surface area contributed by atoms with Crippen molar-refractivity contribution in [1.29, 1.82) is 5.26 Å². The van der Waals surface area contributed by atoms with Crippen molar-refractivity contribution in [2.45, 2.75) is 0 Å². The van der Waals surface area contributed by atoms with E-state index >= 15 is 0 Å². The van der Waals surface area contributed by atoms with Crippen LogP contribution in [-0.2, 0) is 14.8 Å². The van der Waals surface area contributed by atoms with Gasteiger partial charge in [-0.3, -0.25) is 9.10 Å². The molecule has 9 heteroatoms. The van der Waals surface area contributed by atoms with Crippen molar-refractivity contribution in [1.82, 2.24) is 0 Å². The van der Waals surface area contributed by atoms with Crippen LogP contribution in [0.4, 0.5) is 11.4 Å². The smallest absolute Gasteiger partial charge is 0.245 e. The number of nitriles is 1. The monoisotopic (exact) mass is 397 g/mol. The average Bonchev–Trinajstić information content (AvgIpc) is 2.55. The number of hydrogen-bond donors (Lipinski definition) is 1. The molecule has 0 radical (unpaired) electrons. The Labute approximate surface area is 155 Å². The molecule has 0 aliphatic rings. The molecule has 0 spiro atoms. The van der Waals surface area contributed by atoms with E-state index in [4.69, 9.17) is 28.5 Å². The van der Waals surface area contributed by atoms with Crippen molar-refractivity contribution in [2.75, 3.05) is 22.4 Å². The first-order valence-corrected chi connectivity index (χ1v) is 9.54. The van der Waals surface area contributed by atoms with Crippen molar-refractivity contribution in [3.05, 3.63) is 58.1 Å². The molecule has 130 valence electrons. The van der Waals surface area contributed by atoms with Crippen LogP contribution in [-0.4, -0.2) is 27.1 Å². The van der Waals surface area contributed by atoms with Crippen LogP contribution in [0.1, 0.15) is 5.56 Å². The van der Waals surface area contributed by atoms with E-state index in [9.17, 15) is 13.2 Å². The molecule has 0 aromatic heterocycles. The van der Waals surface area contributed by atoms with Crippen LogP contribution in [0, 0.1) is 11.3 Å². The van der Waals surface area contributed by atoms with Gasteiger partial charge in [0.15, 0.2) is 0 Å². The molecule has 0 heterocycles. The Morgan fingerprint density at radius 1 is 1.24 bits per heavy atom. The van der Waals surface area contributed by atoms with Gasteiger partial charge < -0.3 is 5.32 Å². The van der Waals surface area contributed by atoms with Crippen LogP contribution in [0.3, 0.4) is 0 Å². The van der Waals surface area contributed by atoms with Crippen molar-refractivity contribution in [3.63, 3.8) is 0 Å². The molecule has 2 rings (SSSR count). The molecule has 0 aliphatic carbocycles. The fourth-order valence-electron chi connectivity index (χ4n) is 2.06. The molecule has 0 saturated carbocycles. The maximum atomic E-state index is 12.3. The van der Waals surface area contributed by atoms with Crippen LogP contribution >= 0.6 is 23.2 Å². The molecule has 1 N–H and O–H groups in total. The van der Waals surface area contributed by atoms with Gasteiger partial charge in [0, 0.05) is 5.69 Å². The minimum absolute atomic E-state index is 0.0360. The number of amides is 1. The molecule has 6 nitrogen and oxygen atoms in total. The summed E-state index contributed by atoms with van der Waals surface area (Å²) < 4.78 is 25.0. The number of nitrogens with one attached hydrogen (secondary N) is 1. The number of nitrogens with zero attached hydrogens (tertiary/aromatic N) is 2. The summed E-state index contributed by atoms with van der Waals surface area (Å²) in [6, 6.07) is 12.7. The largest absolute Gasteiger partial charge is 0.324 e. The Morgan fingerprint density at radius 2 is 1.92 bits per heavy atom. The zero-order chi connectivity index (χ0) is 18.6. The summed E-state index contributed by atoms with van der Waals surface area (Å²) in [7, 11) is -3.78. The SMILES string of the molecule is CS(=O)(=O)N(CC(=O)Nc1cccc(C#N)c1)c1cccc(Cl)c1Cl. The summed E-state index contributed by atoms with van der Waals surface area (Å²) in [6.45, 7) is -0.490. The highest BCUT2D eigenvalue weighted by atomic mass is 35.5. The van der Waals surface area contributed by atoms with E-state index in [1.165, 1.54) is 24.3 Å². The number of sulfonamides is 1. The second-order valence-corrected chi connectivity index (χ2v) is 7.78. The quantitative estimate of drug-likeness (QED) is 0.837. The van der Waals surface area contributed by atoms with Crippen molar-refractivity contribution in [3.8, 4) is 6.07 Å². The molecular formula is C16H13Cl2N3O3S. The lowest BCUT2D eigenvalue weighted by Crippen LogP contribution is -2.37. The minimum Gasteiger partial charge on any atom is -0.324 e. The van der Waals surface area contributed by atoms with Crippen molar-refractivity contribution in [2.24, 2.45) is 0 Å². The highest BCUT2D eigenvalue weighted by molar-refractivity contribution is 7.92. The van der Waals surface area contributed by atoms with Crippen LogP contribution in [0.2, 0.25) is 10.0 Å². The molecule has 0 saturated heterocycles. The summed E-state index contributed by atoms with van der Waals surface area (Å²) in [4.78, 5) is 12.3. The van der Waals surface area contributed by atoms with Gasteiger partial charge in [-0.15, -0.1) is 0 Å². The van der Waals surface area contributed by atoms with Gasteiger partial charge in [0.1, 0.15) is 6.54 Å². The summed E-state index contributed by atoms with van der Waals surface area (Å²) in [5.41, 5.74) is 0.864. The van der Waals surface area contributed by atoms with E-state index < -0.39 is 22.5 Å². The van der Waals surface area contributed by atoms with E-state index in [0.717, 1.165) is 10.6 Å². The van der Waals surface area contributed by atoms with E-state index in [0.29, 0.717) is 11.3 Å². The lowest BCUT2D eigenvalue weighted by atomic mass is 10.2. The van der Waals surface area contributed by atoms with E-state index in [2.05, 4.69) is 5.32 Å². The Bertz CT molecular complexity index is 955. The summed E-state index contributed by atoms with van der Waals surface area (Å²) in [5.74, 6) is -0.587. The van der Waals surface area contributed by atoms with Crippen molar-refractivity contribution >= 4 is 50.5 Å². The molecule has 2 aromatic rings. The summed E-state index contributed by atoms with van der Waals surface area (Å²) >= 11 is 12.0. The number of carbonyl (C=O) groups excluding carboxylic acids is 1. The predicted molar refractivity (Wildman–Crippen MR) is 98.4 cm³/mol. The molecule has 2 aromatic carbocycles. The zero-order valence-electron chi connectivity index (χ0n) is 13.0. The fraction of sp³-hybridized carbons (Fsp3) is 0.125. The zero-order valence-corrected chi connectivity index (χ0v) is 15.4. The molecule has 25 heavy (non-hydrogen) atoms. The van der Waals surface area contributed by atoms with Gasteiger partial charge in [-0.05, 0) is 30.3 Å². The van der Waals surface area contributed by atoms with Crippen LogP contribution in [0.25, 0.3) is 0 Å². The number of anilines is 2. The third kappa shape index (κ3) is 4.86. The second kappa shape index (κ2) is 7.74. The third-order valence-corrected chi connectivity index (χ3v) is 5.10.